The SMILES string of the molecule is Cc1cc(NS(=O)(=O)N2CCNCC2)c(C)cc1O. The Labute approximate surface area is 113 Å². The lowest BCUT2D eigenvalue weighted by Crippen LogP contribution is -2.48. The molecular weight excluding hydrogens is 266 g/mol. The van der Waals surface area contributed by atoms with Crippen LogP contribution >= 0.6 is 0 Å². The van der Waals surface area contributed by atoms with Crippen LogP contribution in [0.15, 0.2) is 12.1 Å². The molecule has 1 saturated heterocycles. The molecule has 1 aromatic carbocycles. The largest absolute Gasteiger partial charge is 0.508 e. The van der Waals surface area contributed by atoms with E-state index < -0.39 is 10.2 Å². The summed E-state index contributed by atoms with van der Waals surface area (Å²) < 4.78 is 28.5. The summed E-state index contributed by atoms with van der Waals surface area (Å²) in [6, 6.07) is 3.20. The van der Waals surface area contributed by atoms with Gasteiger partial charge in [-0.2, -0.15) is 12.7 Å². The lowest BCUT2D eigenvalue weighted by molar-refractivity contribution is 0.362. The molecule has 2 rings (SSSR count). The molecule has 0 unspecified atom stereocenters. The van der Waals surface area contributed by atoms with Gasteiger partial charge in [0, 0.05) is 26.2 Å². The van der Waals surface area contributed by atoms with Crippen LogP contribution in [0.25, 0.3) is 0 Å². The summed E-state index contributed by atoms with van der Waals surface area (Å²) in [7, 11) is -3.53. The van der Waals surface area contributed by atoms with E-state index >= 15 is 0 Å². The van der Waals surface area contributed by atoms with E-state index in [0.29, 0.717) is 43.0 Å². The number of rotatable bonds is 3. The minimum Gasteiger partial charge on any atom is -0.508 e. The Morgan fingerprint density at radius 1 is 1.21 bits per heavy atom. The molecule has 1 aromatic rings. The highest BCUT2D eigenvalue weighted by Crippen LogP contribution is 2.26. The number of anilines is 1. The van der Waals surface area contributed by atoms with Crippen molar-refractivity contribution in [1.82, 2.24) is 9.62 Å². The molecule has 1 fully saturated rings. The molecule has 6 nitrogen and oxygen atoms in total. The van der Waals surface area contributed by atoms with Crippen molar-refractivity contribution in [3.8, 4) is 5.75 Å². The molecule has 0 aromatic heterocycles. The maximum Gasteiger partial charge on any atom is 0.301 e. The Balaban J connectivity index is 2.22. The van der Waals surface area contributed by atoms with Crippen molar-refractivity contribution in [1.29, 1.82) is 0 Å². The Bertz CT molecular complexity index is 566. The second kappa shape index (κ2) is 5.36. The standard InChI is InChI=1S/C12H19N3O3S/c1-9-8-12(16)10(2)7-11(9)14-19(17,18)15-5-3-13-4-6-15/h7-8,13-14,16H,3-6H2,1-2H3. The lowest BCUT2D eigenvalue weighted by Gasteiger charge is -2.27. The van der Waals surface area contributed by atoms with Gasteiger partial charge in [-0.15, -0.1) is 0 Å². The predicted octanol–water partition coefficient (Wildman–Crippen LogP) is 0.571. The van der Waals surface area contributed by atoms with Crippen LogP contribution in [0.1, 0.15) is 11.1 Å². The Morgan fingerprint density at radius 3 is 2.47 bits per heavy atom. The molecule has 0 bridgehead atoms. The van der Waals surface area contributed by atoms with Crippen molar-refractivity contribution in [2.45, 2.75) is 13.8 Å². The number of hydrogen-bond acceptors (Lipinski definition) is 4. The van der Waals surface area contributed by atoms with Crippen LogP contribution in [-0.4, -0.2) is 44.0 Å². The summed E-state index contributed by atoms with van der Waals surface area (Å²) in [6.45, 7) is 5.74. The van der Waals surface area contributed by atoms with Crippen LogP contribution in [0.4, 0.5) is 5.69 Å². The fraction of sp³-hybridized carbons (Fsp3) is 0.500. The molecule has 1 aliphatic heterocycles. The molecule has 0 radical (unpaired) electrons. The average Bonchev–Trinajstić information content (AvgIpc) is 2.37. The van der Waals surface area contributed by atoms with Gasteiger partial charge in [-0.05, 0) is 37.1 Å². The molecule has 1 heterocycles. The van der Waals surface area contributed by atoms with Crippen molar-refractivity contribution in [2.75, 3.05) is 30.9 Å². The van der Waals surface area contributed by atoms with Crippen LogP contribution < -0.4 is 10.0 Å². The molecule has 106 valence electrons. The number of benzene rings is 1. The monoisotopic (exact) mass is 285 g/mol. The van der Waals surface area contributed by atoms with E-state index in [-0.39, 0.29) is 5.75 Å². The van der Waals surface area contributed by atoms with Crippen molar-refractivity contribution in [3.05, 3.63) is 23.3 Å². The topological polar surface area (TPSA) is 81.7 Å². The van der Waals surface area contributed by atoms with Gasteiger partial charge in [-0.1, -0.05) is 0 Å². The first-order valence-electron chi connectivity index (χ1n) is 6.19. The van der Waals surface area contributed by atoms with E-state index in [1.807, 2.05) is 0 Å². The van der Waals surface area contributed by atoms with Gasteiger partial charge in [-0.25, -0.2) is 0 Å². The van der Waals surface area contributed by atoms with Crippen LogP contribution in [0.3, 0.4) is 0 Å². The van der Waals surface area contributed by atoms with Crippen molar-refractivity contribution in [3.63, 3.8) is 0 Å². The number of nitrogens with one attached hydrogen (secondary N) is 2. The molecule has 7 heteroatoms. The molecule has 0 aliphatic carbocycles. The summed E-state index contributed by atoms with van der Waals surface area (Å²) in [4.78, 5) is 0. The smallest absolute Gasteiger partial charge is 0.301 e. The summed E-state index contributed by atoms with van der Waals surface area (Å²) >= 11 is 0. The van der Waals surface area contributed by atoms with Crippen LogP contribution in [0.5, 0.6) is 5.75 Å². The average molecular weight is 285 g/mol. The van der Waals surface area contributed by atoms with Crippen molar-refractivity contribution >= 4 is 15.9 Å². The summed E-state index contributed by atoms with van der Waals surface area (Å²) in [5.74, 6) is 0.169. The third kappa shape index (κ3) is 3.17. The van der Waals surface area contributed by atoms with Gasteiger partial charge in [0.2, 0.25) is 0 Å². The van der Waals surface area contributed by atoms with Gasteiger partial charge in [0.25, 0.3) is 0 Å². The quantitative estimate of drug-likeness (QED) is 0.709. The number of nitrogens with zero attached hydrogens (tertiary/aromatic N) is 1. The van der Waals surface area contributed by atoms with E-state index in [0.717, 1.165) is 0 Å². The second-order valence-electron chi connectivity index (χ2n) is 4.71. The van der Waals surface area contributed by atoms with Gasteiger partial charge in [-0.3, -0.25) is 4.72 Å². The van der Waals surface area contributed by atoms with E-state index in [1.165, 1.54) is 4.31 Å². The number of aromatic hydroxyl groups is 1. The lowest BCUT2D eigenvalue weighted by atomic mass is 10.1. The molecular formula is C12H19N3O3S. The first-order valence-corrected chi connectivity index (χ1v) is 7.63. The zero-order valence-corrected chi connectivity index (χ0v) is 11.9. The predicted molar refractivity (Wildman–Crippen MR) is 74.6 cm³/mol. The molecule has 3 N–H and O–H groups in total. The normalized spacial score (nSPS) is 17.4. The highest BCUT2D eigenvalue weighted by Gasteiger charge is 2.24. The molecule has 19 heavy (non-hydrogen) atoms. The summed E-state index contributed by atoms with van der Waals surface area (Å²) in [5.41, 5.74) is 1.85. The molecule has 0 amide bonds. The zero-order chi connectivity index (χ0) is 14.0. The number of aryl methyl sites for hydroxylation is 2. The zero-order valence-electron chi connectivity index (χ0n) is 11.1. The van der Waals surface area contributed by atoms with Crippen LogP contribution in [-0.2, 0) is 10.2 Å². The van der Waals surface area contributed by atoms with Gasteiger partial charge in [0.1, 0.15) is 5.75 Å². The minimum atomic E-state index is -3.53. The number of hydrogen-bond donors (Lipinski definition) is 3. The number of phenols is 1. The molecule has 0 spiro atoms. The Hall–Kier alpha value is -1.31. The molecule has 0 atom stereocenters. The highest BCUT2D eigenvalue weighted by atomic mass is 32.2. The van der Waals surface area contributed by atoms with Gasteiger partial charge < -0.3 is 10.4 Å². The first kappa shape index (κ1) is 14.1. The van der Waals surface area contributed by atoms with Gasteiger partial charge in [0.15, 0.2) is 0 Å². The molecule has 0 saturated carbocycles. The summed E-state index contributed by atoms with van der Waals surface area (Å²) in [6.07, 6.45) is 0. The first-order chi connectivity index (χ1) is 8.90. The fourth-order valence-electron chi connectivity index (χ4n) is 2.00. The highest BCUT2D eigenvalue weighted by molar-refractivity contribution is 7.90. The van der Waals surface area contributed by atoms with Crippen LogP contribution in [0, 0.1) is 13.8 Å². The maximum absolute atomic E-state index is 12.2. The fourth-order valence-corrected chi connectivity index (χ4v) is 3.29. The van der Waals surface area contributed by atoms with Crippen LogP contribution in [0.2, 0.25) is 0 Å². The van der Waals surface area contributed by atoms with Gasteiger partial charge in [0.05, 0.1) is 5.69 Å². The van der Waals surface area contributed by atoms with E-state index in [1.54, 1.807) is 26.0 Å². The number of phenolic OH excluding ortho intramolecular Hbond substituents is 1. The van der Waals surface area contributed by atoms with Crippen molar-refractivity contribution in [2.24, 2.45) is 0 Å². The van der Waals surface area contributed by atoms with Crippen molar-refractivity contribution < 1.29 is 13.5 Å². The molecule has 1 aliphatic rings. The third-order valence-corrected chi connectivity index (χ3v) is 4.72. The Kier molecular flexibility index (Phi) is 3.98. The van der Waals surface area contributed by atoms with Gasteiger partial charge >= 0.3 is 10.2 Å². The minimum absolute atomic E-state index is 0.169. The summed E-state index contributed by atoms with van der Waals surface area (Å²) in [5, 5.41) is 12.7. The van der Waals surface area contributed by atoms with E-state index in [9.17, 15) is 13.5 Å². The van der Waals surface area contributed by atoms with E-state index in [2.05, 4.69) is 10.0 Å². The number of piperazine rings is 1. The second-order valence-corrected chi connectivity index (χ2v) is 6.38. The maximum atomic E-state index is 12.2. The Morgan fingerprint density at radius 2 is 1.84 bits per heavy atom. The van der Waals surface area contributed by atoms with E-state index in [4.69, 9.17) is 0 Å². The third-order valence-electron chi connectivity index (χ3n) is 3.20.